The number of nitrogens with zero attached hydrogens (tertiary/aromatic N) is 4. The van der Waals surface area contributed by atoms with Gasteiger partial charge in [-0.1, -0.05) is 6.42 Å². The predicted molar refractivity (Wildman–Crippen MR) is 98.8 cm³/mol. The van der Waals surface area contributed by atoms with Crippen molar-refractivity contribution in [1.29, 1.82) is 0 Å². The second-order valence-corrected chi connectivity index (χ2v) is 7.82. The van der Waals surface area contributed by atoms with Gasteiger partial charge in [-0.15, -0.1) is 0 Å². The summed E-state index contributed by atoms with van der Waals surface area (Å²) in [4.78, 5) is 28.6. The molecule has 0 radical (unpaired) electrons. The molecule has 1 N–H and O–H groups in total. The van der Waals surface area contributed by atoms with Gasteiger partial charge in [-0.2, -0.15) is 5.10 Å². The van der Waals surface area contributed by atoms with Crippen LogP contribution in [0.2, 0.25) is 0 Å². The molecule has 148 valence electrons. The monoisotopic (exact) mass is 375 g/mol. The largest absolute Gasteiger partial charge is 0.381 e. The topological polar surface area (TPSA) is 79.7 Å². The van der Waals surface area contributed by atoms with Crippen LogP contribution in [0.3, 0.4) is 0 Å². The smallest absolute Gasteiger partial charge is 0.317 e. The van der Waals surface area contributed by atoms with Gasteiger partial charge in [-0.3, -0.25) is 9.48 Å². The molecule has 1 saturated heterocycles. The molecule has 3 aliphatic rings. The second kappa shape index (κ2) is 7.88. The van der Waals surface area contributed by atoms with Crippen molar-refractivity contribution in [3.63, 3.8) is 0 Å². The molecule has 4 rings (SSSR count). The van der Waals surface area contributed by atoms with Gasteiger partial charge in [-0.05, 0) is 31.7 Å². The summed E-state index contributed by atoms with van der Waals surface area (Å²) in [6, 6.07) is 1.97. The summed E-state index contributed by atoms with van der Waals surface area (Å²) in [5.74, 6) is 0.531. The van der Waals surface area contributed by atoms with Crippen molar-refractivity contribution in [3.05, 3.63) is 17.5 Å². The highest BCUT2D eigenvalue weighted by molar-refractivity contribution is 5.79. The number of hydrogen-bond acceptors (Lipinski definition) is 4. The summed E-state index contributed by atoms with van der Waals surface area (Å²) in [5, 5.41) is 7.56. The number of fused-ring (bicyclic) bond motifs is 1. The summed E-state index contributed by atoms with van der Waals surface area (Å²) in [6.45, 7) is 3.95. The minimum Gasteiger partial charge on any atom is -0.381 e. The summed E-state index contributed by atoms with van der Waals surface area (Å²) >= 11 is 0. The number of aromatic nitrogens is 2. The first-order valence-electron chi connectivity index (χ1n) is 10.0. The lowest BCUT2D eigenvalue weighted by Crippen LogP contribution is -2.45. The van der Waals surface area contributed by atoms with E-state index >= 15 is 0 Å². The molecule has 0 spiro atoms. The Morgan fingerprint density at radius 2 is 1.93 bits per heavy atom. The van der Waals surface area contributed by atoms with Gasteiger partial charge in [0.1, 0.15) is 0 Å². The Morgan fingerprint density at radius 1 is 1.15 bits per heavy atom. The molecule has 27 heavy (non-hydrogen) atoms. The van der Waals surface area contributed by atoms with Gasteiger partial charge in [0, 0.05) is 32.7 Å². The normalized spacial score (nSPS) is 20.9. The van der Waals surface area contributed by atoms with E-state index in [1.54, 1.807) is 7.11 Å². The standard InChI is InChI=1S/C19H29N5O3/c1-27-17-5-7-22(8-6-17)19(26)20-12-15-11-16-13-23(9-10-24(16)21-15)18(25)14-3-2-4-14/h11,14,17H,2-10,12-13H2,1H3,(H,20,26). The van der Waals surface area contributed by atoms with Crippen molar-refractivity contribution in [1.82, 2.24) is 24.9 Å². The predicted octanol–water partition coefficient (Wildman–Crippen LogP) is 1.35. The number of rotatable bonds is 4. The van der Waals surface area contributed by atoms with Crippen LogP contribution in [0.1, 0.15) is 43.5 Å². The quantitative estimate of drug-likeness (QED) is 0.861. The number of carbonyl (C=O) groups excluding carboxylic acids is 2. The van der Waals surface area contributed by atoms with Crippen molar-refractivity contribution in [3.8, 4) is 0 Å². The zero-order chi connectivity index (χ0) is 18.8. The van der Waals surface area contributed by atoms with Crippen LogP contribution in [0.4, 0.5) is 4.79 Å². The Labute approximate surface area is 159 Å². The fourth-order valence-corrected chi connectivity index (χ4v) is 4.09. The van der Waals surface area contributed by atoms with E-state index < -0.39 is 0 Å². The number of carbonyl (C=O) groups is 2. The number of nitrogens with one attached hydrogen (secondary N) is 1. The van der Waals surface area contributed by atoms with Gasteiger partial charge in [0.2, 0.25) is 5.91 Å². The molecule has 2 aliphatic heterocycles. The fourth-order valence-electron chi connectivity index (χ4n) is 4.09. The first kappa shape index (κ1) is 18.3. The molecule has 0 atom stereocenters. The van der Waals surface area contributed by atoms with Gasteiger partial charge >= 0.3 is 6.03 Å². The van der Waals surface area contributed by atoms with Gasteiger partial charge in [0.25, 0.3) is 0 Å². The molecule has 8 heteroatoms. The third-order valence-corrected chi connectivity index (χ3v) is 6.10. The average molecular weight is 375 g/mol. The lowest BCUT2D eigenvalue weighted by atomic mass is 9.84. The maximum atomic E-state index is 12.5. The van der Waals surface area contributed by atoms with Crippen LogP contribution in [-0.2, 0) is 29.2 Å². The van der Waals surface area contributed by atoms with Crippen LogP contribution < -0.4 is 5.32 Å². The molecule has 1 aromatic rings. The number of urea groups is 1. The third-order valence-electron chi connectivity index (χ3n) is 6.10. The Morgan fingerprint density at radius 3 is 2.59 bits per heavy atom. The maximum absolute atomic E-state index is 12.5. The fraction of sp³-hybridized carbons (Fsp3) is 0.737. The van der Waals surface area contributed by atoms with Crippen molar-refractivity contribution >= 4 is 11.9 Å². The summed E-state index contributed by atoms with van der Waals surface area (Å²) in [6.07, 6.45) is 5.27. The van der Waals surface area contributed by atoms with Crippen molar-refractivity contribution in [2.24, 2.45) is 5.92 Å². The highest BCUT2D eigenvalue weighted by Gasteiger charge is 2.31. The van der Waals surface area contributed by atoms with E-state index in [2.05, 4.69) is 10.4 Å². The number of likely N-dealkylation sites (tertiary alicyclic amines) is 1. The van der Waals surface area contributed by atoms with E-state index in [1.165, 1.54) is 6.42 Å². The first-order valence-corrected chi connectivity index (χ1v) is 10.0. The number of hydrogen-bond donors (Lipinski definition) is 1. The number of methoxy groups -OCH3 is 1. The Kier molecular flexibility index (Phi) is 5.33. The van der Waals surface area contributed by atoms with Crippen LogP contribution in [-0.4, -0.2) is 64.4 Å². The van der Waals surface area contributed by atoms with Crippen LogP contribution in [0, 0.1) is 5.92 Å². The van der Waals surface area contributed by atoms with E-state index in [9.17, 15) is 9.59 Å². The number of piperidine rings is 1. The van der Waals surface area contributed by atoms with Crippen molar-refractivity contribution < 1.29 is 14.3 Å². The van der Waals surface area contributed by atoms with Gasteiger partial charge in [0.05, 0.1) is 37.1 Å². The molecule has 8 nitrogen and oxygen atoms in total. The summed E-state index contributed by atoms with van der Waals surface area (Å²) in [5.41, 5.74) is 1.90. The molecule has 1 aliphatic carbocycles. The summed E-state index contributed by atoms with van der Waals surface area (Å²) in [7, 11) is 1.72. The molecule has 3 amide bonds. The van der Waals surface area contributed by atoms with E-state index in [0.717, 1.165) is 63.3 Å². The molecule has 0 bridgehead atoms. The SMILES string of the molecule is COC1CCN(C(=O)NCc2cc3n(n2)CCN(C(=O)C2CCC2)C3)CC1. The molecule has 2 fully saturated rings. The minimum absolute atomic E-state index is 0.0442. The van der Waals surface area contributed by atoms with Gasteiger partial charge in [0.15, 0.2) is 0 Å². The van der Waals surface area contributed by atoms with Gasteiger partial charge < -0.3 is 19.9 Å². The molecule has 1 saturated carbocycles. The second-order valence-electron chi connectivity index (χ2n) is 7.82. The van der Waals surface area contributed by atoms with E-state index in [4.69, 9.17) is 4.74 Å². The lowest BCUT2D eigenvalue weighted by molar-refractivity contribution is -0.139. The number of ether oxygens (including phenoxy) is 1. The molecule has 0 aromatic carbocycles. The van der Waals surface area contributed by atoms with Crippen LogP contribution in [0.25, 0.3) is 0 Å². The maximum Gasteiger partial charge on any atom is 0.317 e. The highest BCUT2D eigenvalue weighted by atomic mass is 16.5. The zero-order valence-electron chi connectivity index (χ0n) is 16.0. The van der Waals surface area contributed by atoms with E-state index in [-0.39, 0.29) is 18.1 Å². The molecule has 1 aromatic heterocycles. The van der Waals surface area contributed by atoms with Crippen molar-refractivity contribution in [2.45, 2.75) is 57.8 Å². The highest BCUT2D eigenvalue weighted by Crippen LogP contribution is 2.29. The van der Waals surface area contributed by atoms with Crippen LogP contribution >= 0.6 is 0 Å². The Balaban J connectivity index is 1.28. The van der Waals surface area contributed by atoms with Crippen LogP contribution in [0.5, 0.6) is 0 Å². The zero-order valence-corrected chi connectivity index (χ0v) is 16.0. The van der Waals surface area contributed by atoms with Gasteiger partial charge in [-0.25, -0.2) is 4.79 Å². The van der Waals surface area contributed by atoms with E-state index in [1.807, 2.05) is 20.5 Å². The Bertz CT molecular complexity index is 692. The lowest BCUT2D eigenvalue weighted by Gasteiger charge is -2.34. The third kappa shape index (κ3) is 3.95. The number of amides is 3. The molecular weight excluding hydrogens is 346 g/mol. The Hall–Kier alpha value is -2.09. The van der Waals surface area contributed by atoms with E-state index in [0.29, 0.717) is 19.0 Å². The molecule has 3 heterocycles. The van der Waals surface area contributed by atoms with Crippen molar-refractivity contribution in [2.75, 3.05) is 26.7 Å². The summed E-state index contributed by atoms with van der Waals surface area (Å²) < 4.78 is 7.32. The molecular formula is C19H29N5O3. The average Bonchev–Trinajstić information content (AvgIpc) is 3.06. The minimum atomic E-state index is -0.0442. The molecule has 0 unspecified atom stereocenters. The first-order chi connectivity index (χ1) is 13.1. The van der Waals surface area contributed by atoms with Crippen LogP contribution in [0.15, 0.2) is 6.07 Å².